The Hall–Kier alpha value is -1.08. The topological polar surface area (TPSA) is 26.0 Å². The summed E-state index contributed by atoms with van der Waals surface area (Å²) in [5, 5.41) is 0. The predicted octanol–water partition coefficient (Wildman–Crippen LogP) is 2.19. The minimum atomic E-state index is 0.257. The molecule has 1 aliphatic carbocycles. The Kier molecular flexibility index (Phi) is 1.96. The molecule has 12 heavy (non-hydrogen) atoms. The standard InChI is InChI=1S/C11H13N/c12-11-8-4-7-10(11)9-5-2-1-3-6-9/h1-3,5-7,11H,4,8,12H2. The average molecular weight is 159 g/mol. The molecule has 0 spiro atoms. The van der Waals surface area contributed by atoms with Crippen molar-refractivity contribution in [1.82, 2.24) is 0 Å². The Morgan fingerprint density at radius 1 is 1.17 bits per heavy atom. The second kappa shape index (κ2) is 3.11. The molecule has 0 fully saturated rings. The Labute approximate surface area is 72.9 Å². The van der Waals surface area contributed by atoms with Crippen LogP contribution in [0.5, 0.6) is 0 Å². The zero-order valence-electron chi connectivity index (χ0n) is 7.03. The minimum Gasteiger partial charge on any atom is -0.324 e. The molecule has 62 valence electrons. The van der Waals surface area contributed by atoms with Crippen molar-refractivity contribution < 1.29 is 0 Å². The Balaban J connectivity index is 2.31. The molecule has 1 atom stereocenters. The van der Waals surface area contributed by atoms with Gasteiger partial charge < -0.3 is 5.73 Å². The lowest BCUT2D eigenvalue weighted by molar-refractivity contribution is 0.791. The van der Waals surface area contributed by atoms with Crippen LogP contribution in [0.15, 0.2) is 36.4 Å². The Bertz CT molecular complexity index is 287. The molecule has 0 saturated heterocycles. The molecular formula is C11H13N. The SMILES string of the molecule is NC1CCC=C1c1ccccc1. The lowest BCUT2D eigenvalue weighted by Gasteiger charge is -2.08. The van der Waals surface area contributed by atoms with Crippen LogP contribution in [0.3, 0.4) is 0 Å². The lowest BCUT2D eigenvalue weighted by Crippen LogP contribution is -2.17. The van der Waals surface area contributed by atoms with Gasteiger partial charge in [-0.15, -0.1) is 0 Å². The zero-order chi connectivity index (χ0) is 8.39. The van der Waals surface area contributed by atoms with E-state index < -0.39 is 0 Å². The minimum absolute atomic E-state index is 0.257. The van der Waals surface area contributed by atoms with Crippen LogP contribution in [-0.4, -0.2) is 6.04 Å². The van der Waals surface area contributed by atoms with E-state index in [9.17, 15) is 0 Å². The van der Waals surface area contributed by atoms with Gasteiger partial charge in [0, 0.05) is 6.04 Å². The quantitative estimate of drug-likeness (QED) is 0.667. The number of nitrogens with two attached hydrogens (primary N) is 1. The van der Waals surface area contributed by atoms with E-state index in [1.807, 2.05) is 6.07 Å². The summed E-state index contributed by atoms with van der Waals surface area (Å²) < 4.78 is 0. The molecule has 1 unspecified atom stereocenters. The van der Waals surface area contributed by atoms with E-state index in [1.165, 1.54) is 11.1 Å². The van der Waals surface area contributed by atoms with Gasteiger partial charge in [0.15, 0.2) is 0 Å². The van der Waals surface area contributed by atoms with Gasteiger partial charge in [-0.2, -0.15) is 0 Å². The average Bonchev–Trinajstić information content (AvgIpc) is 2.53. The fraction of sp³-hybridized carbons (Fsp3) is 0.273. The molecule has 1 aliphatic rings. The highest BCUT2D eigenvalue weighted by Gasteiger charge is 2.15. The van der Waals surface area contributed by atoms with Crippen molar-refractivity contribution in [3.8, 4) is 0 Å². The van der Waals surface area contributed by atoms with Gasteiger partial charge in [-0.1, -0.05) is 36.4 Å². The van der Waals surface area contributed by atoms with Crippen LogP contribution in [0.1, 0.15) is 18.4 Å². The molecule has 0 amide bonds. The predicted molar refractivity (Wildman–Crippen MR) is 51.6 cm³/mol. The normalized spacial score (nSPS) is 22.4. The van der Waals surface area contributed by atoms with Crippen molar-refractivity contribution in [2.24, 2.45) is 5.73 Å². The molecule has 0 heterocycles. The number of benzene rings is 1. The Morgan fingerprint density at radius 3 is 2.50 bits per heavy atom. The van der Waals surface area contributed by atoms with Crippen molar-refractivity contribution in [2.45, 2.75) is 18.9 Å². The van der Waals surface area contributed by atoms with E-state index in [1.54, 1.807) is 0 Å². The van der Waals surface area contributed by atoms with E-state index in [4.69, 9.17) is 5.73 Å². The van der Waals surface area contributed by atoms with Gasteiger partial charge in [-0.05, 0) is 24.0 Å². The highest BCUT2D eigenvalue weighted by atomic mass is 14.6. The summed E-state index contributed by atoms with van der Waals surface area (Å²) >= 11 is 0. The first-order chi connectivity index (χ1) is 5.88. The summed E-state index contributed by atoms with van der Waals surface area (Å²) in [5.41, 5.74) is 8.54. The summed E-state index contributed by atoms with van der Waals surface area (Å²) in [6.07, 6.45) is 4.48. The first-order valence-electron chi connectivity index (χ1n) is 4.39. The van der Waals surface area contributed by atoms with Gasteiger partial charge in [-0.3, -0.25) is 0 Å². The highest BCUT2D eigenvalue weighted by molar-refractivity contribution is 5.71. The van der Waals surface area contributed by atoms with Gasteiger partial charge in [0.25, 0.3) is 0 Å². The van der Waals surface area contributed by atoms with Gasteiger partial charge in [0.1, 0.15) is 0 Å². The summed E-state index contributed by atoms with van der Waals surface area (Å²) in [7, 11) is 0. The maximum atomic E-state index is 5.94. The smallest absolute Gasteiger partial charge is 0.0300 e. The largest absolute Gasteiger partial charge is 0.324 e. The van der Waals surface area contributed by atoms with Crippen molar-refractivity contribution in [3.63, 3.8) is 0 Å². The second-order valence-corrected chi connectivity index (χ2v) is 3.21. The number of hydrogen-bond donors (Lipinski definition) is 1. The third kappa shape index (κ3) is 1.28. The van der Waals surface area contributed by atoms with Crippen LogP contribution >= 0.6 is 0 Å². The van der Waals surface area contributed by atoms with Crippen LogP contribution in [0.2, 0.25) is 0 Å². The lowest BCUT2D eigenvalue weighted by atomic mass is 10.0. The molecule has 0 bridgehead atoms. The van der Waals surface area contributed by atoms with Gasteiger partial charge >= 0.3 is 0 Å². The van der Waals surface area contributed by atoms with Gasteiger partial charge in [0.05, 0.1) is 0 Å². The van der Waals surface area contributed by atoms with Crippen LogP contribution in [-0.2, 0) is 0 Å². The molecule has 1 aromatic carbocycles. The maximum absolute atomic E-state index is 5.94. The molecule has 0 saturated carbocycles. The van der Waals surface area contributed by atoms with Crippen molar-refractivity contribution in [3.05, 3.63) is 42.0 Å². The summed E-state index contributed by atoms with van der Waals surface area (Å²) in [6.45, 7) is 0. The fourth-order valence-corrected chi connectivity index (χ4v) is 1.69. The number of allylic oxidation sites excluding steroid dienone is 1. The van der Waals surface area contributed by atoms with Crippen molar-refractivity contribution in [1.29, 1.82) is 0 Å². The molecule has 2 rings (SSSR count). The van der Waals surface area contributed by atoms with E-state index in [2.05, 4.69) is 30.3 Å². The van der Waals surface area contributed by atoms with Gasteiger partial charge in [0.2, 0.25) is 0 Å². The zero-order valence-corrected chi connectivity index (χ0v) is 7.03. The number of rotatable bonds is 1. The van der Waals surface area contributed by atoms with Crippen LogP contribution in [0, 0.1) is 0 Å². The molecule has 1 heteroatoms. The third-order valence-electron chi connectivity index (χ3n) is 2.35. The summed E-state index contributed by atoms with van der Waals surface area (Å²) in [5.74, 6) is 0. The molecule has 0 aliphatic heterocycles. The molecule has 1 aromatic rings. The molecule has 1 nitrogen and oxygen atoms in total. The Morgan fingerprint density at radius 2 is 1.92 bits per heavy atom. The molecular weight excluding hydrogens is 146 g/mol. The molecule has 0 aromatic heterocycles. The van der Waals surface area contributed by atoms with Crippen molar-refractivity contribution >= 4 is 5.57 Å². The highest BCUT2D eigenvalue weighted by Crippen LogP contribution is 2.26. The first kappa shape index (κ1) is 7.56. The van der Waals surface area contributed by atoms with E-state index >= 15 is 0 Å². The fourth-order valence-electron chi connectivity index (χ4n) is 1.69. The van der Waals surface area contributed by atoms with E-state index in [0.29, 0.717) is 0 Å². The second-order valence-electron chi connectivity index (χ2n) is 3.21. The third-order valence-corrected chi connectivity index (χ3v) is 2.35. The van der Waals surface area contributed by atoms with Crippen LogP contribution in [0.25, 0.3) is 5.57 Å². The van der Waals surface area contributed by atoms with Crippen molar-refractivity contribution in [2.75, 3.05) is 0 Å². The van der Waals surface area contributed by atoms with Crippen LogP contribution in [0.4, 0.5) is 0 Å². The van der Waals surface area contributed by atoms with E-state index in [-0.39, 0.29) is 6.04 Å². The maximum Gasteiger partial charge on any atom is 0.0300 e. The summed E-state index contributed by atoms with van der Waals surface area (Å²) in [4.78, 5) is 0. The van der Waals surface area contributed by atoms with Crippen LogP contribution < -0.4 is 5.73 Å². The van der Waals surface area contributed by atoms with E-state index in [0.717, 1.165) is 12.8 Å². The van der Waals surface area contributed by atoms with Gasteiger partial charge in [-0.25, -0.2) is 0 Å². The first-order valence-corrected chi connectivity index (χ1v) is 4.39. The summed E-state index contributed by atoms with van der Waals surface area (Å²) in [6, 6.07) is 10.6. The monoisotopic (exact) mass is 159 g/mol. The number of hydrogen-bond acceptors (Lipinski definition) is 1. The molecule has 0 radical (unpaired) electrons. The molecule has 2 N–H and O–H groups in total.